The van der Waals surface area contributed by atoms with Crippen molar-refractivity contribution >= 4 is 39.1 Å². The zero-order valence-corrected chi connectivity index (χ0v) is 24.4. The van der Waals surface area contributed by atoms with Crippen LogP contribution in [0.25, 0.3) is 0 Å². The highest BCUT2D eigenvalue weighted by molar-refractivity contribution is 7.92. The molecule has 0 fully saturated rings. The number of hydrogen-bond acceptors (Lipinski definition) is 4. The highest BCUT2D eigenvalue weighted by atomic mass is 35.5. The predicted molar refractivity (Wildman–Crippen MR) is 157 cm³/mol. The number of nitrogens with one attached hydrogen (secondary N) is 1. The fraction of sp³-hybridized carbons (Fsp3) is 0.333. The highest BCUT2D eigenvalue weighted by Crippen LogP contribution is 2.28. The molecule has 0 saturated heterocycles. The number of anilines is 1. The third kappa shape index (κ3) is 8.07. The van der Waals surface area contributed by atoms with E-state index < -0.39 is 28.5 Å². The second kappa shape index (κ2) is 13.6. The summed E-state index contributed by atoms with van der Waals surface area (Å²) in [5.41, 5.74) is 3.60. The van der Waals surface area contributed by atoms with E-state index in [0.717, 1.165) is 33.7 Å². The average Bonchev–Trinajstić information content (AvgIpc) is 2.90. The maximum Gasteiger partial charge on any atom is 0.244 e. The minimum Gasteiger partial charge on any atom is -0.354 e. The number of nitrogens with zero attached hydrogens (tertiary/aromatic N) is 2. The summed E-state index contributed by atoms with van der Waals surface area (Å²) in [4.78, 5) is 29.1. The van der Waals surface area contributed by atoms with Crippen molar-refractivity contribution in [2.75, 3.05) is 23.7 Å². The Labute approximate surface area is 236 Å². The number of sulfonamides is 1. The third-order valence-corrected chi connectivity index (χ3v) is 8.15. The van der Waals surface area contributed by atoms with Crippen molar-refractivity contribution in [1.82, 2.24) is 10.2 Å². The van der Waals surface area contributed by atoms with Gasteiger partial charge in [0.2, 0.25) is 21.8 Å². The van der Waals surface area contributed by atoms with Crippen LogP contribution in [0.15, 0.2) is 72.8 Å². The van der Waals surface area contributed by atoms with Gasteiger partial charge >= 0.3 is 0 Å². The Morgan fingerprint density at radius 3 is 2.26 bits per heavy atom. The van der Waals surface area contributed by atoms with E-state index in [1.54, 1.807) is 25.1 Å². The van der Waals surface area contributed by atoms with Gasteiger partial charge in [0.15, 0.2) is 0 Å². The minimum absolute atomic E-state index is 0.148. The number of amides is 2. The summed E-state index contributed by atoms with van der Waals surface area (Å²) in [5.74, 6) is -0.775. The minimum atomic E-state index is -3.86. The Morgan fingerprint density at radius 2 is 1.62 bits per heavy atom. The van der Waals surface area contributed by atoms with Crippen LogP contribution in [0.3, 0.4) is 0 Å². The van der Waals surface area contributed by atoms with Crippen molar-refractivity contribution in [2.24, 2.45) is 0 Å². The van der Waals surface area contributed by atoms with Crippen molar-refractivity contribution in [2.45, 2.75) is 46.2 Å². The van der Waals surface area contributed by atoms with Crippen LogP contribution >= 0.6 is 11.6 Å². The molecule has 208 valence electrons. The summed E-state index contributed by atoms with van der Waals surface area (Å²) in [6.07, 6.45) is 2.08. The van der Waals surface area contributed by atoms with E-state index in [4.69, 9.17) is 11.6 Å². The molecule has 3 aromatic carbocycles. The van der Waals surface area contributed by atoms with Gasteiger partial charge in [-0.2, -0.15) is 0 Å². The summed E-state index contributed by atoms with van der Waals surface area (Å²) in [7, 11) is -3.86. The van der Waals surface area contributed by atoms with Gasteiger partial charge in [0.1, 0.15) is 12.6 Å². The number of halogens is 1. The van der Waals surface area contributed by atoms with Gasteiger partial charge in [0.05, 0.1) is 11.9 Å². The third-order valence-electron chi connectivity index (χ3n) is 6.61. The topological polar surface area (TPSA) is 86.8 Å². The fourth-order valence-electron chi connectivity index (χ4n) is 4.35. The first-order chi connectivity index (χ1) is 18.5. The molecule has 2 amide bonds. The van der Waals surface area contributed by atoms with E-state index in [1.807, 2.05) is 68.4 Å². The second-order valence-corrected chi connectivity index (χ2v) is 11.9. The lowest BCUT2D eigenvalue weighted by atomic mass is 10.0. The van der Waals surface area contributed by atoms with Crippen LogP contribution in [0.1, 0.15) is 35.6 Å². The molecule has 3 rings (SSSR count). The van der Waals surface area contributed by atoms with Gasteiger partial charge in [-0.05, 0) is 54.7 Å². The normalized spacial score (nSPS) is 12.0. The van der Waals surface area contributed by atoms with Gasteiger partial charge in [-0.3, -0.25) is 13.9 Å². The van der Waals surface area contributed by atoms with E-state index in [-0.39, 0.29) is 18.9 Å². The summed E-state index contributed by atoms with van der Waals surface area (Å²) < 4.78 is 26.9. The molecule has 1 unspecified atom stereocenters. The maximum atomic E-state index is 14.1. The maximum absolute atomic E-state index is 14.1. The molecule has 0 aliphatic carbocycles. The van der Waals surface area contributed by atoms with E-state index in [9.17, 15) is 18.0 Å². The molecular formula is C30H36ClN3O4S. The largest absolute Gasteiger partial charge is 0.354 e. The standard InChI is InChI=1S/C30H36ClN3O4S/c1-5-18-32-30(36)28(19-24-13-7-6-8-14-24)33(20-25-15-10-9-12-22(25)2)29(35)21-34(39(4,37)38)27-17-11-16-26(31)23(27)3/h6-17,28H,5,18-21H2,1-4H3,(H,32,36). The summed E-state index contributed by atoms with van der Waals surface area (Å²) in [6, 6.07) is 21.2. The molecule has 1 N–H and O–H groups in total. The first kappa shape index (κ1) is 30.2. The van der Waals surface area contributed by atoms with Gasteiger partial charge in [0.25, 0.3) is 0 Å². The number of hydrogen-bond donors (Lipinski definition) is 1. The van der Waals surface area contributed by atoms with E-state index in [1.165, 1.54) is 4.90 Å². The van der Waals surface area contributed by atoms with E-state index in [2.05, 4.69) is 5.32 Å². The van der Waals surface area contributed by atoms with Crippen LogP contribution in [0.4, 0.5) is 5.69 Å². The molecule has 0 bridgehead atoms. The molecule has 7 nitrogen and oxygen atoms in total. The van der Waals surface area contributed by atoms with Crippen molar-refractivity contribution in [3.05, 3.63) is 100 Å². The van der Waals surface area contributed by atoms with Crippen LogP contribution in [-0.4, -0.2) is 50.5 Å². The molecule has 0 radical (unpaired) electrons. The van der Waals surface area contributed by atoms with Gasteiger partial charge in [-0.25, -0.2) is 8.42 Å². The van der Waals surface area contributed by atoms with Gasteiger partial charge in [-0.15, -0.1) is 0 Å². The van der Waals surface area contributed by atoms with Crippen molar-refractivity contribution in [3.8, 4) is 0 Å². The van der Waals surface area contributed by atoms with Crippen molar-refractivity contribution in [3.63, 3.8) is 0 Å². The molecule has 0 aliphatic heterocycles. The van der Waals surface area contributed by atoms with E-state index >= 15 is 0 Å². The molecule has 0 saturated carbocycles. The average molecular weight is 570 g/mol. The van der Waals surface area contributed by atoms with Crippen molar-refractivity contribution < 1.29 is 18.0 Å². The first-order valence-corrected chi connectivity index (χ1v) is 15.1. The lowest BCUT2D eigenvalue weighted by molar-refractivity contribution is -0.140. The van der Waals surface area contributed by atoms with E-state index in [0.29, 0.717) is 22.8 Å². The number of rotatable bonds is 12. The summed E-state index contributed by atoms with van der Waals surface area (Å²) >= 11 is 6.29. The SMILES string of the molecule is CCCNC(=O)C(Cc1ccccc1)N(Cc1ccccc1C)C(=O)CN(c1cccc(Cl)c1C)S(C)(=O)=O. The lowest BCUT2D eigenvalue weighted by Gasteiger charge is -2.34. The van der Waals surface area contributed by atoms with Gasteiger partial charge in [-0.1, -0.05) is 79.2 Å². The fourth-order valence-corrected chi connectivity index (χ4v) is 5.42. The molecule has 1 atom stereocenters. The molecule has 0 aliphatic rings. The first-order valence-electron chi connectivity index (χ1n) is 12.9. The second-order valence-electron chi connectivity index (χ2n) is 9.60. The predicted octanol–water partition coefficient (Wildman–Crippen LogP) is 4.89. The van der Waals surface area contributed by atoms with Crippen molar-refractivity contribution in [1.29, 1.82) is 0 Å². The molecule has 39 heavy (non-hydrogen) atoms. The summed E-state index contributed by atoms with van der Waals surface area (Å²) in [5, 5.41) is 3.33. The molecule has 0 heterocycles. The zero-order valence-electron chi connectivity index (χ0n) is 22.9. The van der Waals surface area contributed by atoms with Crippen LogP contribution < -0.4 is 9.62 Å². The molecule has 0 spiro atoms. The molecule has 9 heteroatoms. The van der Waals surface area contributed by atoms with Crippen LogP contribution in [0, 0.1) is 13.8 Å². The number of carbonyl (C=O) groups excluding carboxylic acids is 2. The number of carbonyl (C=O) groups is 2. The number of aryl methyl sites for hydroxylation is 1. The Kier molecular flexibility index (Phi) is 10.5. The van der Waals surface area contributed by atoms with Gasteiger partial charge in [0, 0.05) is 24.5 Å². The smallest absolute Gasteiger partial charge is 0.244 e. The Hall–Kier alpha value is -3.36. The Balaban J connectivity index is 2.08. The quantitative estimate of drug-likeness (QED) is 0.336. The molecular weight excluding hydrogens is 534 g/mol. The van der Waals surface area contributed by atoms with Crippen LogP contribution in [-0.2, 0) is 32.6 Å². The lowest BCUT2D eigenvalue weighted by Crippen LogP contribution is -2.53. The van der Waals surface area contributed by atoms with Gasteiger partial charge < -0.3 is 10.2 Å². The Bertz CT molecular complexity index is 1400. The molecule has 0 aromatic heterocycles. The van der Waals surface area contributed by atoms with Crippen LogP contribution in [0.5, 0.6) is 0 Å². The van der Waals surface area contributed by atoms with Crippen LogP contribution in [0.2, 0.25) is 5.02 Å². The molecule has 3 aromatic rings. The number of benzene rings is 3. The highest BCUT2D eigenvalue weighted by Gasteiger charge is 2.33. The Morgan fingerprint density at radius 1 is 0.949 bits per heavy atom. The monoisotopic (exact) mass is 569 g/mol. The summed E-state index contributed by atoms with van der Waals surface area (Å²) in [6.45, 7) is 5.75. The zero-order chi connectivity index (χ0) is 28.6.